The van der Waals surface area contributed by atoms with E-state index in [1.807, 2.05) is 49.9 Å². The van der Waals surface area contributed by atoms with E-state index in [4.69, 9.17) is 4.98 Å². The van der Waals surface area contributed by atoms with Crippen molar-refractivity contribution in [1.29, 1.82) is 0 Å². The van der Waals surface area contributed by atoms with Crippen LogP contribution in [0.5, 0.6) is 0 Å². The summed E-state index contributed by atoms with van der Waals surface area (Å²) in [5.74, 6) is 1.39. The van der Waals surface area contributed by atoms with Gasteiger partial charge in [0.2, 0.25) is 17.8 Å². The first kappa shape index (κ1) is 22.2. The molecule has 8 heteroatoms. The van der Waals surface area contributed by atoms with Gasteiger partial charge in [-0.3, -0.25) is 14.5 Å². The van der Waals surface area contributed by atoms with Crippen LogP contribution in [0.2, 0.25) is 0 Å². The molecular weight excluding hydrogens is 404 g/mol. The highest BCUT2D eigenvalue weighted by Gasteiger charge is 2.46. The molecule has 0 radical (unpaired) electrons. The second-order valence-corrected chi connectivity index (χ2v) is 9.24. The van der Waals surface area contributed by atoms with E-state index < -0.39 is 5.41 Å². The zero-order valence-corrected chi connectivity index (χ0v) is 19.2. The number of aromatic nitrogens is 2. The number of carbonyl (C=O) groups is 2. The lowest BCUT2D eigenvalue weighted by molar-refractivity contribution is -0.122. The van der Waals surface area contributed by atoms with Gasteiger partial charge in [-0.1, -0.05) is 19.1 Å². The van der Waals surface area contributed by atoms with Crippen LogP contribution in [0.3, 0.4) is 0 Å². The smallest absolute Gasteiger partial charge is 0.238 e. The van der Waals surface area contributed by atoms with Crippen LogP contribution >= 0.6 is 0 Å². The first-order valence-electron chi connectivity index (χ1n) is 11.4. The van der Waals surface area contributed by atoms with Crippen molar-refractivity contribution in [3.05, 3.63) is 41.6 Å². The minimum atomic E-state index is -0.618. The molecule has 0 spiro atoms. The van der Waals surface area contributed by atoms with E-state index in [-0.39, 0.29) is 23.9 Å². The van der Waals surface area contributed by atoms with Crippen molar-refractivity contribution in [2.45, 2.75) is 71.0 Å². The maximum absolute atomic E-state index is 13.0. The minimum absolute atomic E-state index is 0.0716. The first-order valence-corrected chi connectivity index (χ1v) is 11.4. The predicted molar refractivity (Wildman–Crippen MR) is 125 cm³/mol. The summed E-state index contributed by atoms with van der Waals surface area (Å²) >= 11 is 0. The highest BCUT2D eigenvalue weighted by molar-refractivity contribution is 6.07. The number of nitrogens with zero attached hydrogens (tertiary/aromatic N) is 3. The fourth-order valence-electron chi connectivity index (χ4n) is 4.22. The fourth-order valence-corrected chi connectivity index (χ4v) is 4.22. The molecule has 1 fully saturated rings. The lowest BCUT2D eigenvalue weighted by atomic mass is 9.88. The van der Waals surface area contributed by atoms with E-state index >= 15 is 0 Å². The van der Waals surface area contributed by atoms with Gasteiger partial charge in [0.15, 0.2) is 0 Å². The average Bonchev–Trinajstić information content (AvgIpc) is 3.27. The summed E-state index contributed by atoms with van der Waals surface area (Å²) in [6.07, 6.45) is 4.15. The Hall–Kier alpha value is -3.00. The van der Waals surface area contributed by atoms with Crippen LogP contribution in [0, 0.1) is 0 Å². The van der Waals surface area contributed by atoms with E-state index in [1.54, 1.807) is 6.20 Å². The molecule has 4 rings (SSSR count). The van der Waals surface area contributed by atoms with Crippen LogP contribution in [0.25, 0.3) is 0 Å². The van der Waals surface area contributed by atoms with Gasteiger partial charge in [-0.2, -0.15) is 4.98 Å². The lowest BCUT2D eigenvalue weighted by Crippen LogP contribution is -2.41. The summed E-state index contributed by atoms with van der Waals surface area (Å²) in [6.45, 7) is 9.50. The van der Waals surface area contributed by atoms with Crippen LogP contribution < -0.4 is 20.9 Å². The number of nitrogens with one attached hydrogen (secondary N) is 3. The Morgan fingerprint density at radius 1 is 1.25 bits per heavy atom. The van der Waals surface area contributed by atoms with Crippen LogP contribution in [0.15, 0.2) is 30.5 Å². The molecule has 3 N–H and O–H groups in total. The van der Waals surface area contributed by atoms with E-state index in [0.29, 0.717) is 18.2 Å². The quantitative estimate of drug-likeness (QED) is 0.588. The van der Waals surface area contributed by atoms with Gasteiger partial charge in [0.25, 0.3) is 0 Å². The standard InChI is InChI=1S/C24H32N6O2/c1-5-15(2)30-21-19(24(3,4)22(30)32)14-26-23(29-21)28-17-8-6-16(7-9-17)12-25-13-18-10-11-20(31)27-18/h6-9,14-15,18,25H,5,10-13H2,1-4H3,(H,27,31)(H,26,28,29)/t15-,18?/m0/s1. The summed E-state index contributed by atoms with van der Waals surface area (Å²) < 4.78 is 0. The summed E-state index contributed by atoms with van der Waals surface area (Å²) in [7, 11) is 0. The van der Waals surface area contributed by atoms with E-state index in [0.717, 1.165) is 42.7 Å². The zero-order valence-electron chi connectivity index (χ0n) is 19.2. The third-order valence-electron chi connectivity index (χ3n) is 6.47. The second kappa shape index (κ2) is 8.86. The molecule has 0 bridgehead atoms. The van der Waals surface area contributed by atoms with Crippen molar-refractivity contribution in [3.63, 3.8) is 0 Å². The third-order valence-corrected chi connectivity index (χ3v) is 6.47. The summed E-state index contributed by atoms with van der Waals surface area (Å²) in [4.78, 5) is 35.2. The van der Waals surface area contributed by atoms with Crippen LogP contribution in [0.4, 0.5) is 17.5 Å². The molecule has 2 amide bonds. The molecular formula is C24H32N6O2. The third kappa shape index (κ3) is 4.32. The Morgan fingerprint density at radius 3 is 2.66 bits per heavy atom. The predicted octanol–water partition coefficient (Wildman–Crippen LogP) is 3.01. The number of rotatable bonds is 8. The summed E-state index contributed by atoms with van der Waals surface area (Å²) in [5, 5.41) is 9.62. The molecule has 1 aromatic heterocycles. The van der Waals surface area contributed by atoms with Gasteiger partial charge in [-0.05, 0) is 51.3 Å². The van der Waals surface area contributed by atoms with Gasteiger partial charge in [-0.25, -0.2) is 4.98 Å². The number of carbonyl (C=O) groups excluding carboxylic acids is 2. The Bertz CT molecular complexity index is 1000. The van der Waals surface area contributed by atoms with E-state index in [2.05, 4.69) is 27.9 Å². The molecule has 1 unspecified atom stereocenters. The van der Waals surface area contributed by atoms with Crippen molar-refractivity contribution in [1.82, 2.24) is 20.6 Å². The fraction of sp³-hybridized carbons (Fsp3) is 0.500. The number of amides is 2. The lowest BCUT2D eigenvalue weighted by Gasteiger charge is -2.25. The Labute approximate surface area is 189 Å². The van der Waals surface area contributed by atoms with Gasteiger partial charge in [-0.15, -0.1) is 0 Å². The topological polar surface area (TPSA) is 99.3 Å². The Morgan fingerprint density at radius 2 is 2.00 bits per heavy atom. The van der Waals surface area contributed by atoms with Crippen LogP contribution in [-0.4, -0.2) is 40.4 Å². The van der Waals surface area contributed by atoms with Crippen molar-refractivity contribution in [2.24, 2.45) is 0 Å². The molecule has 2 aliphatic heterocycles. The van der Waals surface area contributed by atoms with Gasteiger partial charge in [0.1, 0.15) is 5.82 Å². The molecule has 2 aliphatic rings. The number of benzene rings is 1. The molecule has 0 saturated carbocycles. The molecule has 170 valence electrons. The maximum atomic E-state index is 13.0. The van der Waals surface area contributed by atoms with Crippen LogP contribution in [-0.2, 0) is 21.5 Å². The van der Waals surface area contributed by atoms with E-state index in [9.17, 15) is 9.59 Å². The molecule has 0 aliphatic carbocycles. The van der Waals surface area contributed by atoms with Crippen LogP contribution in [0.1, 0.15) is 58.1 Å². The number of fused-ring (bicyclic) bond motifs is 1. The van der Waals surface area contributed by atoms with Crippen molar-refractivity contribution < 1.29 is 9.59 Å². The van der Waals surface area contributed by atoms with Crippen molar-refractivity contribution >= 4 is 29.3 Å². The van der Waals surface area contributed by atoms with Crippen molar-refractivity contribution in [3.8, 4) is 0 Å². The average molecular weight is 437 g/mol. The summed E-state index contributed by atoms with van der Waals surface area (Å²) in [5.41, 5.74) is 2.29. The number of anilines is 3. The van der Waals surface area contributed by atoms with Gasteiger partial charge in [0.05, 0.1) is 5.41 Å². The van der Waals surface area contributed by atoms with E-state index in [1.165, 1.54) is 0 Å². The summed E-state index contributed by atoms with van der Waals surface area (Å²) in [6, 6.07) is 8.39. The molecule has 1 saturated heterocycles. The number of hydrogen-bond acceptors (Lipinski definition) is 6. The molecule has 2 aromatic rings. The molecule has 1 aromatic carbocycles. The van der Waals surface area contributed by atoms with Gasteiger partial charge in [0, 0.05) is 49.0 Å². The highest BCUT2D eigenvalue weighted by Crippen LogP contribution is 2.41. The zero-order chi connectivity index (χ0) is 22.9. The van der Waals surface area contributed by atoms with Gasteiger partial charge < -0.3 is 16.0 Å². The molecule has 2 atom stereocenters. The first-order chi connectivity index (χ1) is 15.3. The Kier molecular flexibility index (Phi) is 6.15. The molecule has 3 heterocycles. The molecule has 8 nitrogen and oxygen atoms in total. The second-order valence-electron chi connectivity index (χ2n) is 9.24. The van der Waals surface area contributed by atoms with Gasteiger partial charge >= 0.3 is 0 Å². The highest BCUT2D eigenvalue weighted by atomic mass is 16.2. The maximum Gasteiger partial charge on any atom is 0.238 e. The minimum Gasteiger partial charge on any atom is -0.352 e. The number of hydrogen-bond donors (Lipinski definition) is 3. The normalized spacial score (nSPS) is 20.2. The SMILES string of the molecule is CC[C@H](C)N1C(=O)C(C)(C)c2cnc(Nc3ccc(CNCC4CCC(=O)N4)cc3)nc21. The monoisotopic (exact) mass is 436 g/mol. The Balaban J connectivity index is 1.41. The van der Waals surface area contributed by atoms with Crippen molar-refractivity contribution in [2.75, 3.05) is 16.8 Å². The largest absolute Gasteiger partial charge is 0.352 e. The molecule has 32 heavy (non-hydrogen) atoms.